The highest BCUT2D eigenvalue weighted by Crippen LogP contribution is 2.24. The minimum Gasteiger partial charge on any atom is -0.448 e. The summed E-state index contributed by atoms with van der Waals surface area (Å²) in [7, 11) is 0. The quantitative estimate of drug-likeness (QED) is 0.696. The molecule has 0 saturated carbocycles. The number of benzene rings is 1. The van der Waals surface area contributed by atoms with E-state index in [0.29, 0.717) is 26.2 Å². The molecule has 0 aliphatic carbocycles. The van der Waals surface area contributed by atoms with Crippen molar-refractivity contribution >= 4 is 23.8 Å². The number of ether oxygens (including phenoxy) is 1. The number of hydrogen-bond donors (Lipinski definition) is 1. The Kier molecular flexibility index (Phi) is 7.43. The van der Waals surface area contributed by atoms with Gasteiger partial charge in [0.1, 0.15) is 6.61 Å². The van der Waals surface area contributed by atoms with E-state index in [0.717, 1.165) is 12.2 Å². The van der Waals surface area contributed by atoms with Crippen LogP contribution in [0.3, 0.4) is 0 Å². The number of rotatable bonds is 9. The Morgan fingerprint density at radius 3 is 2.71 bits per heavy atom. The maximum absolute atomic E-state index is 12.4. The molecule has 24 heavy (non-hydrogen) atoms. The first-order valence-electron chi connectivity index (χ1n) is 8.43. The number of nitrogens with zero attached hydrogens (tertiary/aromatic N) is 1. The highest BCUT2D eigenvalue weighted by molar-refractivity contribution is 7.99. The van der Waals surface area contributed by atoms with Crippen molar-refractivity contribution in [2.24, 2.45) is 5.92 Å². The molecular weight excluding hydrogens is 324 g/mol. The lowest BCUT2D eigenvalue weighted by molar-refractivity contribution is -0.121. The lowest BCUT2D eigenvalue weighted by atomic mass is 10.1. The average molecular weight is 350 g/mol. The molecule has 0 radical (unpaired) electrons. The molecule has 5 nitrogen and oxygen atoms in total. The van der Waals surface area contributed by atoms with Crippen molar-refractivity contribution in [3.05, 3.63) is 35.9 Å². The summed E-state index contributed by atoms with van der Waals surface area (Å²) in [4.78, 5) is 25.4. The second-order valence-corrected chi connectivity index (χ2v) is 7.34. The smallest absolute Gasteiger partial charge is 0.409 e. The molecule has 0 aromatic heterocycles. The number of hydrogen-bond acceptors (Lipinski definition) is 4. The maximum atomic E-state index is 12.4. The van der Waals surface area contributed by atoms with Crippen LogP contribution in [0.15, 0.2) is 30.3 Å². The Morgan fingerprint density at radius 1 is 1.33 bits per heavy atom. The van der Waals surface area contributed by atoms with Crippen molar-refractivity contribution in [3.8, 4) is 0 Å². The molecule has 1 atom stereocenters. The van der Waals surface area contributed by atoms with Crippen LogP contribution in [-0.2, 0) is 15.3 Å². The van der Waals surface area contributed by atoms with Gasteiger partial charge in [0.2, 0.25) is 5.91 Å². The van der Waals surface area contributed by atoms with E-state index in [1.807, 2.05) is 18.2 Å². The van der Waals surface area contributed by atoms with Crippen LogP contribution in [0.25, 0.3) is 0 Å². The summed E-state index contributed by atoms with van der Waals surface area (Å²) in [5.41, 5.74) is 1.23. The van der Waals surface area contributed by atoms with Gasteiger partial charge in [-0.25, -0.2) is 4.79 Å². The molecule has 0 bridgehead atoms. The number of carbonyl (C=O) groups is 2. The third-order valence-corrected chi connectivity index (χ3v) is 5.50. The van der Waals surface area contributed by atoms with Crippen LogP contribution in [0.4, 0.5) is 4.79 Å². The Balaban J connectivity index is 1.71. The van der Waals surface area contributed by atoms with Crippen molar-refractivity contribution in [2.45, 2.75) is 31.3 Å². The molecule has 1 fully saturated rings. The lowest BCUT2D eigenvalue weighted by Gasteiger charge is -2.20. The van der Waals surface area contributed by atoms with E-state index in [2.05, 4.69) is 31.3 Å². The fourth-order valence-corrected chi connectivity index (χ4v) is 3.73. The molecule has 2 amide bonds. The van der Waals surface area contributed by atoms with Crippen molar-refractivity contribution in [1.82, 2.24) is 10.2 Å². The third kappa shape index (κ3) is 5.74. The Morgan fingerprint density at radius 2 is 2.08 bits per heavy atom. The van der Waals surface area contributed by atoms with E-state index < -0.39 is 0 Å². The predicted molar refractivity (Wildman–Crippen MR) is 96.9 cm³/mol. The summed E-state index contributed by atoms with van der Waals surface area (Å²) >= 11 is 1.68. The second kappa shape index (κ2) is 9.57. The standard InChI is InChI=1S/C18H26N2O3S/c1-14(2)16(24-13-15-7-4-3-5-8-15)17(21)19-9-6-10-20-11-12-23-18(20)22/h3-5,7-8,14,16H,6,9-13H2,1-2H3,(H,19,21). The van der Waals surface area contributed by atoms with Crippen LogP contribution < -0.4 is 5.32 Å². The van der Waals surface area contributed by atoms with Crippen molar-refractivity contribution in [3.63, 3.8) is 0 Å². The van der Waals surface area contributed by atoms with Crippen molar-refractivity contribution in [1.29, 1.82) is 0 Å². The summed E-state index contributed by atoms with van der Waals surface area (Å²) < 4.78 is 4.88. The Hall–Kier alpha value is -1.69. The molecule has 1 aliphatic rings. The summed E-state index contributed by atoms with van der Waals surface area (Å²) in [6.45, 7) is 6.47. The first-order valence-corrected chi connectivity index (χ1v) is 9.47. The van der Waals surface area contributed by atoms with E-state index in [-0.39, 0.29) is 23.2 Å². The van der Waals surface area contributed by atoms with Gasteiger partial charge in [-0.1, -0.05) is 44.2 Å². The van der Waals surface area contributed by atoms with Gasteiger partial charge in [-0.3, -0.25) is 4.79 Å². The van der Waals surface area contributed by atoms with E-state index in [9.17, 15) is 9.59 Å². The van der Waals surface area contributed by atoms with Crippen molar-refractivity contribution in [2.75, 3.05) is 26.2 Å². The topological polar surface area (TPSA) is 58.6 Å². The SMILES string of the molecule is CC(C)C(SCc1ccccc1)C(=O)NCCCN1CCOC1=O. The average Bonchev–Trinajstić information content (AvgIpc) is 2.97. The van der Waals surface area contributed by atoms with Gasteiger partial charge >= 0.3 is 6.09 Å². The first-order chi connectivity index (χ1) is 11.6. The van der Waals surface area contributed by atoms with E-state index in [1.165, 1.54) is 5.56 Å². The van der Waals surface area contributed by atoms with Gasteiger partial charge in [0.15, 0.2) is 0 Å². The molecule has 1 aliphatic heterocycles. The molecule has 6 heteroatoms. The van der Waals surface area contributed by atoms with Crippen LogP contribution >= 0.6 is 11.8 Å². The molecule has 2 rings (SSSR count). The van der Waals surface area contributed by atoms with Gasteiger partial charge in [-0.05, 0) is 17.9 Å². The summed E-state index contributed by atoms with van der Waals surface area (Å²) in [5.74, 6) is 1.18. The fraction of sp³-hybridized carbons (Fsp3) is 0.556. The normalized spacial score (nSPS) is 15.5. The van der Waals surface area contributed by atoms with Gasteiger partial charge in [0.25, 0.3) is 0 Å². The molecule has 1 aromatic rings. The van der Waals surface area contributed by atoms with Crippen molar-refractivity contribution < 1.29 is 14.3 Å². The van der Waals surface area contributed by atoms with Gasteiger partial charge in [-0.15, -0.1) is 11.8 Å². The fourth-order valence-electron chi connectivity index (χ4n) is 2.54. The summed E-state index contributed by atoms with van der Waals surface area (Å²) in [5, 5.41) is 2.93. The number of nitrogens with one attached hydrogen (secondary N) is 1. The third-order valence-electron chi connectivity index (χ3n) is 3.89. The number of cyclic esters (lactones) is 1. The molecule has 0 spiro atoms. The number of amides is 2. The molecule has 1 heterocycles. The zero-order valence-corrected chi connectivity index (χ0v) is 15.2. The highest BCUT2D eigenvalue weighted by atomic mass is 32.2. The number of thioether (sulfide) groups is 1. The Bertz CT molecular complexity index is 536. The molecule has 1 unspecified atom stereocenters. The molecule has 1 saturated heterocycles. The molecular formula is C18H26N2O3S. The van der Waals surface area contributed by atoms with E-state index in [1.54, 1.807) is 16.7 Å². The summed E-state index contributed by atoms with van der Waals surface area (Å²) in [6.07, 6.45) is 0.495. The minimum absolute atomic E-state index is 0.0676. The minimum atomic E-state index is -0.250. The monoisotopic (exact) mass is 350 g/mol. The van der Waals surface area contributed by atoms with Crippen LogP contribution in [0.2, 0.25) is 0 Å². The van der Waals surface area contributed by atoms with Gasteiger partial charge in [0.05, 0.1) is 11.8 Å². The van der Waals surface area contributed by atoms with E-state index in [4.69, 9.17) is 4.74 Å². The first kappa shape index (κ1) is 18.6. The zero-order chi connectivity index (χ0) is 17.4. The molecule has 1 N–H and O–H groups in total. The lowest BCUT2D eigenvalue weighted by Crippen LogP contribution is -2.37. The second-order valence-electron chi connectivity index (χ2n) is 6.21. The van der Waals surface area contributed by atoms with Crippen LogP contribution in [0.1, 0.15) is 25.8 Å². The highest BCUT2D eigenvalue weighted by Gasteiger charge is 2.23. The van der Waals surface area contributed by atoms with Gasteiger partial charge in [-0.2, -0.15) is 0 Å². The van der Waals surface area contributed by atoms with Crippen LogP contribution in [-0.4, -0.2) is 48.4 Å². The van der Waals surface area contributed by atoms with Gasteiger partial charge < -0.3 is 15.0 Å². The van der Waals surface area contributed by atoms with Crippen LogP contribution in [0.5, 0.6) is 0 Å². The zero-order valence-electron chi connectivity index (χ0n) is 14.4. The predicted octanol–water partition coefficient (Wildman–Crippen LogP) is 2.90. The van der Waals surface area contributed by atoms with E-state index >= 15 is 0 Å². The summed E-state index contributed by atoms with van der Waals surface area (Å²) in [6, 6.07) is 10.2. The molecule has 132 valence electrons. The van der Waals surface area contributed by atoms with Gasteiger partial charge in [0, 0.05) is 18.8 Å². The maximum Gasteiger partial charge on any atom is 0.409 e. The van der Waals surface area contributed by atoms with Crippen LogP contribution in [0, 0.1) is 5.92 Å². The largest absolute Gasteiger partial charge is 0.448 e. The Labute approximate surface area is 148 Å². The molecule has 1 aromatic carbocycles. The number of carbonyl (C=O) groups excluding carboxylic acids is 2.